The van der Waals surface area contributed by atoms with Gasteiger partial charge in [-0.05, 0) is 72.5 Å². The summed E-state index contributed by atoms with van der Waals surface area (Å²) < 4.78 is 24.7. The number of carbonyl (C=O) groups is 2. The van der Waals surface area contributed by atoms with Gasteiger partial charge in [0.2, 0.25) is 0 Å². The fourth-order valence-corrected chi connectivity index (χ4v) is 2.36. The van der Waals surface area contributed by atoms with Crippen molar-refractivity contribution in [1.82, 2.24) is 0 Å². The molecule has 0 aliphatic carbocycles. The zero-order valence-corrected chi connectivity index (χ0v) is 27.3. The van der Waals surface area contributed by atoms with Crippen LogP contribution >= 0.6 is 21.3 Å². The fraction of sp³-hybridized carbons (Fsp3) is 0.440. The van der Waals surface area contributed by atoms with E-state index in [9.17, 15) is 23.9 Å². The number of phosphoric acid groups is 1. The van der Waals surface area contributed by atoms with Crippen LogP contribution in [-0.2, 0) is 28.2 Å². The van der Waals surface area contributed by atoms with Crippen LogP contribution in [0, 0.1) is 71.0 Å². The molecule has 0 saturated heterocycles. The van der Waals surface area contributed by atoms with Crippen LogP contribution in [0.5, 0.6) is 0 Å². The maximum Gasteiger partial charge on any atom is 1.00 e. The Bertz CT molecular complexity index is 1150. The quantitative estimate of drug-likeness (QED) is 0.0617. The topological polar surface area (TPSA) is 125 Å². The van der Waals surface area contributed by atoms with Crippen molar-refractivity contribution in [2.75, 3.05) is 13.2 Å². The van der Waals surface area contributed by atoms with Crippen molar-refractivity contribution in [3.8, 4) is 71.0 Å². The zero-order chi connectivity index (χ0) is 25.5. The summed E-state index contributed by atoms with van der Waals surface area (Å²) in [6.07, 6.45) is 3.33. The minimum atomic E-state index is -5.30. The van der Waals surface area contributed by atoms with Crippen LogP contribution in [0.15, 0.2) is 0 Å². The van der Waals surface area contributed by atoms with E-state index in [0.717, 1.165) is 25.7 Å². The summed E-state index contributed by atoms with van der Waals surface area (Å²) in [6.45, 7) is 2.38. The van der Waals surface area contributed by atoms with E-state index in [0.29, 0.717) is 6.42 Å². The smallest absolute Gasteiger partial charge is 0.790 e. The fourth-order valence-electron chi connectivity index (χ4n) is 2.01. The molecule has 0 radical (unpaired) electrons. The van der Waals surface area contributed by atoms with Crippen molar-refractivity contribution in [1.29, 1.82) is 0 Å². The minimum absolute atomic E-state index is 0. The van der Waals surface area contributed by atoms with Gasteiger partial charge in [0.15, 0.2) is 6.10 Å². The number of phosphoric ester groups is 1. The second-order valence-electron chi connectivity index (χ2n) is 6.24. The van der Waals surface area contributed by atoms with Crippen LogP contribution in [0.3, 0.4) is 0 Å². The summed E-state index contributed by atoms with van der Waals surface area (Å²) in [5.74, 6) is 26.9. The van der Waals surface area contributed by atoms with E-state index < -0.39 is 39.1 Å². The third kappa shape index (κ3) is 32.7. The van der Waals surface area contributed by atoms with Crippen molar-refractivity contribution < 1.29 is 113 Å². The summed E-state index contributed by atoms with van der Waals surface area (Å²) >= 11 is 0. The number of hydrogen-bond acceptors (Lipinski definition) is 8. The van der Waals surface area contributed by atoms with Crippen molar-refractivity contribution in [2.24, 2.45) is 0 Å². The van der Waals surface area contributed by atoms with Crippen molar-refractivity contribution in [2.45, 2.75) is 58.5 Å². The van der Waals surface area contributed by atoms with E-state index in [-0.39, 0.29) is 94.7 Å². The van der Waals surface area contributed by atoms with E-state index in [1.54, 1.807) is 6.92 Å². The van der Waals surface area contributed by atoms with Crippen molar-refractivity contribution in [3.05, 3.63) is 0 Å². The number of unbranched alkanes of at least 4 members (excludes halogenated alkanes) is 4. The van der Waals surface area contributed by atoms with Gasteiger partial charge in [-0.2, -0.15) is 13.5 Å². The third-order valence-electron chi connectivity index (χ3n) is 3.45. The first kappa shape index (κ1) is 42.8. The van der Waals surface area contributed by atoms with Gasteiger partial charge in [-0.15, -0.1) is 0 Å². The van der Waals surface area contributed by atoms with E-state index in [1.807, 2.05) is 0 Å². The summed E-state index contributed by atoms with van der Waals surface area (Å²) in [6, 6.07) is 0. The Morgan fingerprint density at radius 3 is 1.86 bits per heavy atom. The molecule has 0 fully saturated rings. The largest absolute Gasteiger partial charge is 1.00 e. The molecule has 0 N–H and O–H groups in total. The summed E-state index contributed by atoms with van der Waals surface area (Å²) in [7, 11) is -5.30. The molecule has 0 unspecified atom stereocenters. The Kier molecular flexibility index (Phi) is 33.9. The molecule has 0 aromatic rings. The first-order chi connectivity index (χ1) is 16.3. The van der Waals surface area contributed by atoms with Gasteiger partial charge < -0.3 is 28.3 Å². The molecule has 12 heteroatoms. The third-order valence-corrected chi connectivity index (χ3v) is 3.92. The predicted octanol–water partition coefficient (Wildman–Crippen LogP) is -2.49. The molecule has 1 atom stereocenters. The van der Waals surface area contributed by atoms with Gasteiger partial charge in [0.25, 0.3) is 0 Å². The molecule has 0 rings (SSSR count). The molecule has 0 saturated carbocycles. The molecule has 8 nitrogen and oxygen atoms in total. The Hall–Kier alpha value is -1.24. The van der Waals surface area contributed by atoms with Gasteiger partial charge in [0.1, 0.15) is 6.61 Å². The van der Waals surface area contributed by atoms with Crippen LogP contribution in [-0.4, -0.2) is 31.3 Å². The second kappa shape index (κ2) is 29.3. The molecule has 0 spiro atoms. The van der Waals surface area contributed by atoms with Crippen LogP contribution in [0.1, 0.15) is 68.1 Å². The molecule has 37 heavy (non-hydrogen) atoms. The van der Waals surface area contributed by atoms with Gasteiger partial charge >= 0.3 is 71.1 Å². The maximum atomic E-state index is 11.9. The Balaban J connectivity index is -0.0000000598. The standard InChI is InChI=1S/C25H25O8P.2Na.H2S.11H2/c1-3-5-7-9-10-11-12-13-14-16-17-19-24(26)31-21-23(22-32-34(28,29)30)33-25(27)20-18-15-8-6-4-2;;;;;;;;;;;;;;/h23H,4,6,8,15,18,20-22H2,1-2H3,(H2,28,29,30);;;1H2;11*1H/q;2*+1;;;;;;;;;;;;/p-2/t23-;;;;;;;;;;;;;;/m0............../s1. The normalized spacial score (nSPS) is 8.86. The van der Waals surface area contributed by atoms with Crippen LogP contribution in [0.25, 0.3) is 0 Å². The maximum absolute atomic E-state index is 11.9. The van der Waals surface area contributed by atoms with E-state index in [4.69, 9.17) is 9.47 Å². The van der Waals surface area contributed by atoms with Crippen LogP contribution in [0.2, 0.25) is 0 Å². The Labute approximate surface area is 287 Å². The molecule has 0 aliphatic heterocycles. The van der Waals surface area contributed by atoms with Crippen LogP contribution in [0.4, 0.5) is 0 Å². The van der Waals surface area contributed by atoms with Gasteiger partial charge in [-0.3, -0.25) is 4.79 Å². The summed E-state index contributed by atoms with van der Waals surface area (Å²) in [4.78, 5) is 45.0. The number of ether oxygens (including phenoxy) is 2. The SMILES string of the molecule is CC#CC#CC#CC#CC#CC#CC(=O)OC[C@@H](COP(=O)([O-])[O-])OC(=O)CCCCCCC.S.[HH].[HH].[HH].[HH].[HH].[HH].[HH].[HH].[HH].[HH].[HH].[Na+].[Na+]. The minimum Gasteiger partial charge on any atom is -0.790 e. The molecule has 0 heterocycles. The van der Waals surface area contributed by atoms with Gasteiger partial charge in [-0.1, -0.05) is 38.5 Å². The predicted molar refractivity (Wildman–Crippen MR) is 154 cm³/mol. The monoisotopic (exact) mass is 584 g/mol. The number of carbonyl (C=O) groups excluding carboxylic acids is 2. The molecule has 0 aromatic heterocycles. The average molecular weight is 585 g/mol. The van der Waals surface area contributed by atoms with Gasteiger partial charge in [0, 0.05) is 28.0 Å². The number of hydrogen-bond donors (Lipinski definition) is 0. The van der Waals surface area contributed by atoms with Gasteiger partial charge in [0.05, 0.1) is 14.4 Å². The summed E-state index contributed by atoms with van der Waals surface area (Å²) in [5.41, 5.74) is 0. The molecule has 0 bridgehead atoms. The van der Waals surface area contributed by atoms with E-state index >= 15 is 0 Å². The van der Waals surface area contributed by atoms with Gasteiger partial charge in [-0.25, -0.2) is 4.79 Å². The summed E-state index contributed by atoms with van der Waals surface area (Å²) in [5, 5.41) is 0. The molecular weight excluding hydrogens is 537 g/mol. The first-order valence-electron chi connectivity index (χ1n) is 10.2. The molecule has 0 aromatic carbocycles. The molecular formula is C25H47Na2O8PS. The number of rotatable bonds is 12. The van der Waals surface area contributed by atoms with Crippen LogP contribution < -0.4 is 68.9 Å². The Morgan fingerprint density at radius 1 is 0.838 bits per heavy atom. The zero-order valence-electron chi connectivity index (χ0n) is 21.4. The average Bonchev–Trinajstić information content (AvgIpc) is 2.78. The van der Waals surface area contributed by atoms with Crippen molar-refractivity contribution >= 4 is 33.3 Å². The second-order valence-corrected chi connectivity index (χ2v) is 7.40. The Morgan fingerprint density at radius 2 is 1.35 bits per heavy atom. The van der Waals surface area contributed by atoms with Crippen molar-refractivity contribution in [3.63, 3.8) is 0 Å². The molecule has 0 aliphatic rings. The molecule has 0 amide bonds. The van der Waals surface area contributed by atoms with E-state index in [1.165, 1.54) is 0 Å². The number of esters is 2. The first-order valence-corrected chi connectivity index (χ1v) is 11.7. The molecule has 208 valence electrons. The van der Waals surface area contributed by atoms with E-state index in [2.05, 4.69) is 82.5 Å².